The molecule has 0 aliphatic carbocycles. The molecule has 0 spiro atoms. The third kappa shape index (κ3) is 9.41. The van der Waals surface area contributed by atoms with Crippen LogP contribution in [0.2, 0.25) is 0 Å². The van der Waals surface area contributed by atoms with Gasteiger partial charge in [-0.1, -0.05) is 30.3 Å². The van der Waals surface area contributed by atoms with E-state index in [1.807, 2.05) is 30.3 Å². The first-order chi connectivity index (χ1) is 12.0. The lowest BCUT2D eigenvalue weighted by molar-refractivity contribution is -0.139. The predicted octanol–water partition coefficient (Wildman–Crippen LogP) is 2.10. The summed E-state index contributed by atoms with van der Waals surface area (Å²) < 4.78 is 34.5. The van der Waals surface area contributed by atoms with Gasteiger partial charge in [-0.25, -0.2) is 13.2 Å². The molecule has 1 rings (SSSR count). The maximum atomic E-state index is 12.3. The summed E-state index contributed by atoms with van der Waals surface area (Å²) >= 11 is 0. The van der Waals surface area contributed by atoms with Crippen LogP contribution in [0.15, 0.2) is 30.3 Å². The van der Waals surface area contributed by atoms with Gasteiger partial charge in [-0.2, -0.15) is 0 Å². The molecule has 1 amide bonds. The zero-order valence-electron chi connectivity index (χ0n) is 15.7. The van der Waals surface area contributed by atoms with Crippen LogP contribution in [0.25, 0.3) is 0 Å². The lowest BCUT2D eigenvalue weighted by Gasteiger charge is -2.23. The minimum absolute atomic E-state index is 0.109. The highest BCUT2D eigenvalue weighted by atomic mass is 32.2. The van der Waals surface area contributed by atoms with Crippen molar-refractivity contribution in [1.29, 1.82) is 0 Å². The third-order valence-electron chi connectivity index (χ3n) is 3.14. The van der Waals surface area contributed by atoms with E-state index in [0.717, 1.165) is 5.56 Å². The van der Waals surface area contributed by atoms with Gasteiger partial charge in [-0.05, 0) is 39.7 Å². The summed E-state index contributed by atoms with van der Waals surface area (Å²) in [5, 5.41) is 2.59. The second-order valence-electron chi connectivity index (χ2n) is 6.89. The van der Waals surface area contributed by atoms with E-state index in [-0.39, 0.29) is 12.4 Å². The molecule has 0 saturated carbocycles. The second kappa shape index (κ2) is 9.56. The summed E-state index contributed by atoms with van der Waals surface area (Å²) in [6.07, 6.45) is -0.410. The number of carbonyl (C=O) groups is 2. The first-order valence-corrected chi connectivity index (χ1v) is 10.2. The minimum atomic E-state index is -3.76. The highest BCUT2D eigenvalue weighted by Crippen LogP contribution is 2.10. The number of hydrogen-bond acceptors (Lipinski definition) is 6. The molecule has 0 radical (unpaired) electrons. The van der Waals surface area contributed by atoms with E-state index in [1.54, 1.807) is 27.7 Å². The number of amides is 1. The summed E-state index contributed by atoms with van der Waals surface area (Å²) in [4.78, 5) is 23.5. The molecular formula is C18H27NO6S. The van der Waals surface area contributed by atoms with Crippen molar-refractivity contribution < 1.29 is 27.5 Å². The van der Waals surface area contributed by atoms with Crippen LogP contribution < -0.4 is 5.32 Å². The van der Waals surface area contributed by atoms with Gasteiger partial charge in [0.2, 0.25) is 0 Å². The van der Waals surface area contributed by atoms with Gasteiger partial charge in [0.25, 0.3) is 0 Å². The monoisotopic (exact) mass is 385 g/mol. The minimum Gasteiger partial charge on any atom is -0.465 e. The zero-order chi connectivity index (χ0) is 19.8. The van der Waals surface area contributed by atoms with Crippen molar-refractivity contribution in [2.45, 2.75) is 45.8 Å². The van der Waals surface area contributed by atoms with Crippen molar-refractivity contribution in [3.05, 3.63) is 35.9 Å². The van der Waals surface area contributed by atoms with Crippen LogP contribution in [0.4, 0.5) is 4.79 Å². The summed E-state index contributed by atoms with van der Waals surface area (Å²) in [5.41, 5.74) is 0.158. The Morgan fingerprint density at radius 3 is 2.31 bits per heavy atom. The SMILES string of the molecule is CCOC(=O)CS(=O)(=O)C[C@H](Cc1ccccc1)NC(=O)OC(C)(C)C. The van der Waals surface area contributed by atoms with Crippen LogP contribution in [0.3, 0.4) is 0 Å². The molecule has 0 saturated heterocycles. The van der Waals surface area contributed by atoms with Gasteiger partial charge in [-0.3, -0.25) is 4.79 Å². The number of ether oxygens (including phenoxy) is 2. The Morgan fingerprint density at radius 1 is 1.15 bits per heavy atom. The number of hydrogen-bond donors (Lipinski definition) is 1. The fourth-order valence-corrected chi connectivity index (χ4v) is 3.65. The topological polar surface area (TPSA) is 98.8 Å². The molecule has 0 bridgehead atoms. The van der Waals surface area contributed by atoms with E-state index < -0.39 is 39.3 Å². The second-order valence-corrected chi connectivity index (χ2v) is 9.00. The predicted molar refractivity (Wildman–Crippen MR) is 98.6 cm³/mol. The van der Waals surface area contributed by atoms with E-state index in [0.29, 0.717) is 6.42 Å². The molecule has 1 atom stereocenters. The van der Waals surface area contributed by atoms with Gasteiger partial charge >= 0.3 is 12.1 Å². The van der Waals surface area contributed by atoms with Crippen LogP contribution in [0, 0.1) is 0 Å². The van der Waals surface area contributed by atoms with Crippen LogP contribution in [-0.2, 0) is 30.5 Å². The van der Waals surface area contributed by atoms with Gasteiger partial charge in [0.05, 0.1) is 18.4 Å². The van der Waals surface area contributed by atoms with Crippen LogP contribution >= 0.6 is 0 Å². The Morgan fingerprint density at radius 2 is 1.77 bits per heavy atom. The molecule has 26 heavy (non-hydrogen) atoms. The Labute approximate surface area is 155 Å². The average molecular weight is 385 g/mol. The molecule has 1 aromatic carbocycles. The molecule has 1 aromatic rings. The van der Waals surface area contributed by atoms with Crippen LogP contribution in [-0.4, -0.2) is 50.2 Å². The summed E-state index contributed by atoms with van der Waals surface area (Å²) in [6, 6.07) is 8.44. The molecule has 0 fully saturated rings. The molecule has 7 nitrogen and oxygen atoms in total. The number of nitrogens with one attached hydrogen (secondary N) is 1. The molecule has 0 heterocycles. The first-order valence-electron chi connectivity index (χ1n) is 8.40. The number of alkyl carbamates (subject to hydrolysis) is 1. The average Bonchev–Trinajstić information content (AvgIpc) is 2.44. The van der Waals surface area contributed by atoms with E-state index >= 15 is 0 Å². The molecule has 0 unspecified atom stereocenters. The number of sulfone groups is 1. The number of rotatable bonds is 8. The summed E-state index contributed by atoms with van der Waals surface area (Å²) in [6.45, 7) is 6.87. The largest absolute Gasteiger partial charge is 0.465 e. The van der Waals surface area contributed by atoms with Crippen molar-refractivity contribution in [3.8, 4) is 0 Å². The highest BCUT2D eigenvalue weighted by molar-refractivity contribution is 7.92. The summed E-state index contributed by atoms with van der Waals surface area (Å²) in [7, 11) is -3.76. The fraction of sp³-hybridized carbons (Fsp3) is 0.556. The third-order valence-corrected chi connectivity index (χ3v) is 4.73. The maximum Gasteiger partial charge on any atom is 0.407 e. The normalized spacial score (nSPS) is 12.9. The maximum absolute atomic E-state index is 12.3. The van der Waals surface area contributed by atoms with E-state index in [9.17, 15) is 18.0 Å². The van der Waals surface area contributed by atoms with Crippen LogP contribution in [0.1, 0.15) is 33.3 Å². The highest BCUT2D eigenvalue weighted by Gasteiger charge is 2.26. The van der Waals surface area contributed by atoms with Crippen molar-refractivity contribution >= 4 is 21.9 Å². The van der Waals surface area contributed by atoms with Gasteiger partial charge in [0, 0.05) is 0 Å². The van der Waals surface area contributed by atoms with Gasteiger partial charge in [-0.15, -0.1) is 0 Å². The smallest absolute Gasteiger partial charge is 0.407 e. The van der Waals surface area contributed by atoms with Gasteiger partial charge < -0.3 is 14.8 Å². The number of esters is 1. The molecule has 0 aliphatic heterocycles. The van der Waals surface area contributed by atoms with Gasteiger partial charge in [0.15, 0.2) is 9.84 Å². The van der Waals surface area contributed by atoms with E-state index in [1.165, 1.54) is 0 Å². The van der Waals surface area contributed by atoms with Gasteiger partial charge in [0.1, 0.15) is 11.4 Å². The Hall–Kier alpha value is -2.09. The number of benzene rings is 1. The van der Waals surface area contributed by atoms with E-state index in [2.05, 4.69) is 5.32 Å². The molecular weight excluding hydrogens is 358 g/mol. The van der Waals surface area contributed by atoms with Crippen molar-refractivity contribution in [3.63, 3.8) is 0 Å². The summed E-state index contributed by atoms with van der Waals surface area (Å²) in [5.74, 6) is -1.91. The standard InChI is InChI=1S/C18H27NO6S/c1-5-24-16(20)13-26(22,23)12-15(11-14-9-7-6-8-10-14)19-17(21)25-18(2,3)4/h6-10,15H,5,11-13H2,1-4H3,(H,19,21)/t15-/m0/s1. The Bertz CT molecular complexity index is 694. The lowest BCUT2D eigenvalue weighted by atomic mass is 10.1. The Balaban J connectivity index is 2.86. The molecule has 146 valence electrons. The van der Waals surface area contributed by atoms with E-state index in [4.69, 9.17) is 9.47 Å². The lowest BCUT2D eigenvalue weighted by Crippen LogP contribution is -2.44. The van der Waals surface area contributed by atoms with Crippen molar-refractivity contribution in [2.75, 3.05) is 18.1 Å². The zero-order valence-corrected chi connectivity index (χ0v) is 16.5. The quantitative estimate of drug-likeness (QED) is 0.688. The molecule has 0 aliphatic rings. The molecule has 8 heteroatoms. The number of carbonyl (C=O) groups excluding carboxylic acids is 2. The Kier molecular flexibility index (Phi) is 8.08. The van der Waals surface area contributed by atoms with Crippen molar-refractivity contribution in [1.82, 2.24) is 5.32 Å². The molecule has 1 N–H and O–H groups in total. The van der Waals surface area contributed by atoms with Crippen LogP contribution in [0.5, 0.6) is 0 Å². The fourth-order valence-electron chi connectivity index (χ4n) is 2.27. The first kappa shape index (κ1) is 22.0. The molecule has 0 aromatic heterocycles. The van der Waals surface area contributed by atoms with Crippen molar-refractivity contribution in [2.24, 2.45) is 0 Å².